The molecule has 0 bridgehead atoms. The number of nitrogens with one attached hydrogen (secondary N) is 2. The summed E-state index contributed by atoms with van der Waals surface area (Å²) in [4.78, 5) is 23.1. The van der Waals surface area contributed by atoms with Gasteiger partial charge in [0.05, 0.1) is 23.8 Å². The largest absolute Gasteiger partial charge is 0.496 e. The molecule has 3 rings (SSSR count). The highest BCUT2D eigenvalue weighted by Gasteiger charge is 2.42. The molecule has 0 aliphatic carbocycles. The van der Waals surface area contributed by atoms with Crippen LogP contribution in [0.5, 0.6) is 5.75 Å². The number of fused-ring (bicyclic) bond motifs is 1. The van der Waals surface area contributed by atoms with Gasteiger partial charge < -0.3 is 20.7 Å². The van der Waals surface area contributed by atoms with Gasteiger partial charge in [0.2, 0.25) is 0 Å². The topological polar surface area (TPSA) is 168 Å². The maximum atomic E-state index is 14.0. The Labute approximate surface area is 255 Å². The Bertz CT molecular complexity index is 1330. The zero-order valence-corrected chi connectivity index (χ0v) is 26.6. The molecule has 0 radical (unpaired) electrons. The molecule has 1 heterocycles. The second-order valence-electron chi connectivity index (χ2n) is 10.5. The second kappa shape index (κ2) is 15.4. The molecule has 0 saturated heterocycles. The Hall–Kier alpha value is -2.29. The van der Waals surface area contributed by atoms with Crippen molar-refractivity contribution in [3.8, 4) is 5.75 Å². The van der Waals surface area contributed by atoms with Gasteiger partial charge in [0.1, 0.15) is 17.8 Å². The molecular formula is C29H41N3O7S3. The van der Waals surface area contributed by atoms with Gasteiger partial charge in [0.25, 0.3) is 0 Å². The van der Waals surface area contributed by atoms with E-state index in [1.807, 2.05) is 37.3 Å². The van der Waals surface area contributed by atoms with Gasteiger partial charge in [-0.15, -0.1) is 0 Å². The van der Waals surface area contributed by atoms with Crippen LogP contribution in [0.4, 0.5) is 0 Å². The van der Waals surface area contributed by atoms with Gasteiger partial charge in [0, 0.05) is 29.2 Å². The summed E-state index contributed by atoms with van der Waals surface area (Å²) in [7, 11) is 0.166. The number of rotatable bonds is 16. The van der Waals surface area contributed by atoms with Crippen LogP contribution in [0.15, 0.2) is 47.4 Å². The van der Waals surface area contributed by atoms with Gasteiger partial charge in [-0.05, 0) is 36.1 Å². The Kier molecular flexibility index (Phi) is 12.6. The van der Waals surface area contributed by atoms with Crippen molar-refractivity contribution in [1.29, 1.82) is 0 Å². The summed E-state index contributed by atoms with van der Waals surface area (Å²) < 4.78 is 33.8. The van der Waals surface area contributed by atoms with E-state index < -0.39 is 39.4 Å². The average Bonchev–Trinajstić information content (AvgIpc) is 3.06. The van der Waals surface area contributed by atoms with Gasteiger partial charge in [-0.2, -0.15) is 0 Å². The van der Waals surface area contributed by atoms with Crippen LogP contribution in [-0.4, -0.2) is 72.6 Å². The molecule has 6 N–H and O–H groups in total. The van der Waals surface area contributed by atoms with E-state index in [4.69, 9.17) is 15.6 Å². The SMILES string of the molecule is CCCC[C@]1(CC)CS(=O)(=O)c2cc(CN[C@@H](CSSCC(N)C(=O)O)C(=O)O)c(OC)cc2[C@@H](c2ccccc2)N1. The van der Waals surface area contributed by atoms with Crippen LogP contribution in [-0.2, 0) is 26.0 Å². The van der Waals surface area contributed by atoms with Gasteiger partial charge in [-0.25, -0.2) is 8.42 Å². The highest BCUT2D eigenvalue weighted by Crippen LogP contribution is 2.41. The lowest BCUT2D eigenvalue weighted by Gasteiger charge is -2.36. The molecule has 42 heavy (non-hydrogen) atoms. The zero-order valence-electron chi connectivity index (χ0n) is 24.2. The number of carbonyl (C=O) groups is 2. The number of hydrogen-bond donors (Lipinski definition) is 5. The number of methoxy groups -OCH3 is 1. The van der Waals surface area contributed by atoms with E-state index in [9.17, 15) is 23.1 Å². The van der Waals surface area contributed by atoms with Gasteiger partial charge in [-0.3, -0.25) is 20.2 Å². The Balaban J connectivity index is 1.96. The molecule has 0 amide bonds. The van der Waals surface area contributed by atoms with E-state index in [2.05, 4.69) is 17.6 Å². The van der Waals surface area contributed by atoms with Gasteiger partial charge in [0.15, 0.2) is 9.84 Å². The Morgan fingerprint density at radius 2 is 1.83 bits per heavy atom. The van der Waals surface area contributed by atoms with E-state index in [1.165, 1.54) is 28.7 Å². The summed E-state index contributed by atoms with van der Waals surface area (Å²) in [5.74, 6) is -1.51. The lowest BCUT2D eigenvalue weighted by atomic mass is 9.88. The molecule has 0 saturated carbocycles. The van der Waals surface area contributed by atoms with E-state index in [0.29, 0.717) is 23.3 Å². The maximum absolute atomic E-state index is 14.0. The predicted molar refractivity (Wildman–Crippen MR) is 168 cm³/mol. The quantitative estimate of drug-likeness (QED) is 0.133. The highest BCUT2D eigenvalue weighted by atomic mass is 33.1. The summed E-state index contributed by atoms with van der Waals surface area (Å²) in [6.07, 6.45) is 3.20. The van der Waals surface area contributed by atoms with Crippen LogP contribution in [0.1, 0.15) is 62.3 Å². The zero-order chi connectivity index (χ0) is 30.9. The molecule has 0 fully saturated rings. The molecule has 4 atom stereocenters. The summed E-state index contributed by atoms with van der Waals surface area (Å²) >= 11 is 0. The molecular weight excluding hydrogens is 599 g/mol. The van der Waals surface area contributed by atoms with Crippen molar-refractivity contribution in [2.75, 3.05) is 24.4 Å². The molecule has 2 aromatic carbocycles. The number of ether oxygens (including phenoxy) is 1. The van der Waals surface area contributed by atoms with Crippen LogP contribution >= 0.6 is 21.6 Å². The maximum Gasteiger partial charge on any atom is 0.321 e. The van der Waals surface area contributed by atoms with Crippen LogP contribution < -0.4 is 21.1 Å². The molecule has 13 heteroatoms. The third kappa shape index (κ3) is 8.64. The number of nitrogens with two attached hydrogens (primary N) is 1. The Morgan fingerprint density at radius 3 is 2.43 bits per heavy atom. The first-order valence-electron chi connectivity index (χ1n) is 13.9. The molecule has 1 unspecified atom stereocenters. The number of carboxylic acids is 2. The smallest absolute Gasteiger partial charge is 0.321 e. The van der Waals surface area contributed by atoms with E-state index >= 15 is 0 Å². The number of hydrogen-bond acceptors (Lipinski definition) is 10. The fourth-order valence-corrected chi connectivity index (χ4v) is 9.49. The third-order valence-electron chi connectivity index (χ3n) is 7.51. The number of unbranched alkanes of at least 4 members (excludes halogenated alkanes) is 1. The highest BCUT2D eigenvalue weighted by molar-refractivity contribution is 8.76. The van der Waals surface area contributed by atoms with Crippen molar-refractivity contribution in [3.63, 3.8) is 0 Å². The second-order valence-corrected chi connectivity index (χ2v) is 15.0. The van der Waals surface area contributed by atoms with Crippen molar-refractivity contribution in [2.45, 2.75) is 74.6 Å². The van der Waals surface area contributed by atoms with E-state index in [-0.39, 0.29) is 34.7 Å². The first-order chi connectivity index (χ1) is 20.0. The standard InChI is InChI=1S/C29H41N3O7S3/c1-4-6-12-29(5-2)18-42(37,38)25-13-20(15-31-23(28(35)36)17-41-40-16-22(30)27(33)34)24(39-3)14-21(25)26(32-29)19-10-8-7-9-11-19/h7-11,13-14,22-23,26,31-32H,4-6,12,15-18,30H2,1-3H3,(H,33,34)(H,35,36)/t22?,23-,26+,29+/m0/s1. The fraction of sp³-hybridized carbons (Fsp3) is 0.517. The van der Waals surface area contributed by atoms with Crippen LogP contribution in [0.25, 0.3) is 0 Å². The minimum atomic E-state index is -3.73. The number of benzene rings is 2. The average molecular weight is 640 g/mol. The van der Waals surface area contributed by atoms with E-state index in [0.717, 1.165) is 24.8 Å². The summed E-state index contributed by atoms with van der Waals surface area (Å²) in [6.45, 7) is 4.17. The lowest BCUT2D eigenvalue weighted by Crippen LogP contribution is -2.50. The van der Waals surface area contributed by atoms with Crippen LogP contribution in [0, 0.1) is 0 Å². The van der Waals surface area contributed by atoms with Crippen molar-refractivity contribution in [1.82, 2.24) is 10.6 Å². The molecule has 232 valence electrons. The van der Waals surface area contributed by atoms with Gasteiger partial charge >= 0.3 is 11.9 Å². The minimum Gasteiger partial charge on any atom is -0.496 e. The molecule has 0 aromatic heterocycles. The lowest BCUT2D eigenvalue weighted by molar-refractivity contribution is -0.139. The van der Waals surface area contributed by atoms with Gasteiger partial charge in [-0.1, -0.05) is 78.6 Å². The molecule has 1 aliphatic rings. The van der Waals surface area contributed by atoms with Crippen molar-refractivity contribution < 1.29 is 33.0 Å². The summed E-state index contributed by atoms with van der Waals surface area (Å²) in [5.41, 5.74) is 6.97. The molecule has 10 nitrogen and oxygen atoms in total. The first kappa shape index (κ1) is 34.2. The molecule has 0 spiro atoms. The van der Waals surface area contributed by atoms with Crippen molar-refractivity contribution in [3.05, 3.63) is 59.2 Å². The van der Waals surface area contributed by atoms with E-state index in [1.54, 1.807) is 12.1 Å². The Morgan fingerprint density at radius 1 is 1.14 bits per heavy atom. The molecule has 1 aliphatic heterocycles. The van der Waals surface area contributed by atoms with Crippen molar-refractivity contribution >= 4 is 43.4 Å². The predicted octanol–water partition coefficient (Wildman–Crippen LogP) is 3.84. The number of aliphatic carboxylic acids is 2. The minimum absolute atomic E-state index is 0.0455. The molecule has 2 aromatic rings. The van der Waals surface area contributed by atoms with Crippen LogP contribution in [0.3, 0.4) is 0 Å². The van der Waals surface area contributed by atoms with Crippen molar-refractivity contribution in [2.24, 2.45) is 5.73 Å². The summed E-state index contributed by atoms with van der Waals surface area (Å²) in [6, 6.07) is 10.7. The monoisotopic (exact) mass is 639 g/mol. The number of sulfone groups is 1. The first-order valence-corrected chi connectivity index (χ1v) is 18.1. The normalized spacial score (nSPS) is 21.1. The van der Waals surface area contributed by atoms with Crippen LogP contribution in [0.2, 0.25) is 0 Å². The summed E-state index contributed by atoms with van der Waals surface area (Å²) in [5, 5.41) is 25.4. The third-order valence-corrected chi connectivity index (χ3v) is 11.9. The number of carboxylic acid groups (broad SMARTS) is 2. The fourth-order valence-electron chi connectivity index (χ4n) is 5.02.